The first kappa shape index (κ1) is 17.6. The average molecular weight is 392 g/mol. The van der Waals surface area contributed by atoms with Crippen LogP contribution in [-0.2, 0) is 4.74 Å². The van der Waals surface area contributed by atoms with Gasteiger partial charge in [0, 0.05) is 40.6 Å². The second-order valence-corrected chi connectivity index (χ2v) is 7.99. The van der Waals surface area contributed by atoms with Gasteiger partial charge in [0.2, 0.25) is 0 Å². The molecule has 28 heavy (non-hydrogen) atoms. The highest BCUT2D eigenvalue weighted by Crippen LogP contribution is 2.47. The van der Waals surface area contributed by atoms with Gasteiger partial charge in [-0.3, -0.25) is 4.79 Å². The molecular weight excluding hydrogens is 372 g/mol. The van der Waals surface area contributed by atoms with Crippen molar-refractivity contribution < 1.29 is 9.15 Å². The first-order valence-corrected chi connectivity index (χ1v) is 10.2. The molecule has 1 aromatic heterocycles. The Morgan fingerprint density at radius 3 is 2.64 bits per heavy atom. The third-order valence-corrected chi connectivity index (χ3v) is 6.44. The van der Waals surface area contributed by atoms with Gasteiger partial charge in [-0.05, 0) is 17.2 Å². The first-order chi connectivity index (χ1) is 13.7. The highest BCUT2D eigenvalue weighted by Gasteiger charge is 2.26. The van der Waals surface area contributed by atoms with Crippen LogP contribution in [0.15, 0.2) is 73.6 Å². The van der Waals surface area contributed by atoms with Crippen LogP contribution in [0.25, 0.3) is 11.3 Å². The number of anilines is 1. The lowest BCUT2D eigenvalue weighted by atomic mass is 9.96. The number of fused-ring (bicyclic) bond motifs is 2. The normalized spacial score (nSPS) is 18.5. The number of benzene rings is 2. The van der Waals surface area contributed by atoms with Crippen LogP contribution in [0.5, 0.6) is 0 Å². The molecule has 3 aromatic rings. The summed E-state index contributed by atoms with van der Waals surface area (Å²) in [5.74, 6) is 1.17. The van der Waals surface area contributed by atoms with E-state index in [1.54, 1.807) is 23.9 Å². The van der Waals surface area contributed by atoms with Crippen LogP contribution < -0.4 is 16.1 Å². The van der Waals surface area contributed by atoms with Crippen LogP contribution in [0.4, 0.5) is 5.88 Å². The SMILES string of the molecule is NC1c2ccccc2Sc2c(-c3cc(=O)cc(N4CCOCC4)o3)cccc21. The molecule has 1 fully saturated rings. The second kappa shape index (κ2) is 7.13. The molecule has 5 rings (SSSR count). The zero-order chi connectivity index (χ0) is 19.1. The fraction of sp³-hybridized carbons (Fsp3) is 0.227. The van der Waals surface area contributed by atoms with Crippen molar-refractivity contribution in [1.29, 1.82) is 0 Å². The maximum atomic E-state index is 12.4. The summed E-state index contributed by atoms with van der Waals surface area (Å²) in [4.78, 5) is 16.7. The van der Waals surface area contributed by atoms with Crippen LogP contribution in [0.1, 0.15) is 17.2 Å². The third kappa shape index (κ3) is 3.03. The molecule has 0 bridgehead atoms. The Labute approximate surface area is 167 Å². The molecule has 1 unspecified atom stereocenters. The summed E-state index contributed by atoms with van der Waals surface area (Å²) in [6.45, 7) is 2.70. The minimum Gasteiger partial charge on any atom is -0.440 e. The maximum Gasteiger partial charge on any atom is 0.200 e. The van der Waals surface area contributed by atoms with Gasteiger partial charge < -0.3 is 19.8 Å². The largest absolute Gasteiger partial charge is 0.440 e. The van der Waals surface area contributed by atoms with E-state index in [2.05, 4.69) is 23.1 Å². The van der Waals surface area contributed by atoms with E-state index in [1.165, 1.54) is 0 Å². The van der Waals surface area contributed by atoms with E-state index < -0.39 is 0 Å². The predicted octanol–water partition coefficient (Wildman–Crippen LogP) is 3.66. The van der Waals surface area contributed by atoms with Gasteiger partial charge in [-0.2, -0.15) is 0 Å². The smallest absolute Gasteiger partial charge is 0.200 e. The summed E-state index contributed by atoms with van der Waals surface area (Å²) in [5, 5.41) is 0. The van der Waals surface area contributed by atoms with Crippen molar-refractivity contribution in [3.8, 4) is 11.3 Å². The van der Waals surface area contributed by atoms with Gasteiger partial charge in [-0.25, -0.2) is 0 Å². The molecule has 5 nitrogen and oxygen atoms in total. The number of hydrogen-bond donors (Lipinski definition) is 1. The van der Waals surface area contributed by atoms with Gasteiger partial charge in [0.25, 0.3) is 0 Å². The summed E-state index contributed by atoms with van der Waals surface area (Å²) in [7, 11) is 0. The van der Waals surface area contributed by atoms with E-state index in [9.17, 15) is 4.79 Å². The molecule has 0 aliphatic carbocycles. The van der Waals surface area contributed by atoms with Gasteiger partial charge in [0.15, 0.2) is 11.3 Å². The average Bonchev–Trinajstić information content (AvgIpc) is 2.74. The molecule has 2 N–H and O–H groups in total. The Hall–Kier alpha value is -2.54. The van der Waals surface area contributed by atoms with Gasteiger partial charge in [-0.15, -0.1) is 0 Å². The van der Waals surface area contributed by atoms with E-state index in [1.807, 2.05) is 24.3 Å². The van der Waals surface area contributed by atoms with E-state index in [4.69, 9.17) is 14.9 Å². The minimum absolute atomic E-state index is 0.0640. The molecule has 0 radical (unpaired) electrons. The third-order valence-electron chi connectivity index (χ3n) is 5.19. The number of hydrogen-bond acceptors (Lipinski definition) is 6. The van der Waals surface area contributed by atoms with Gasteiger partial charge >= 0.3 is 0 Å². The lowest BCUT2D eigenvalue weighted by Crippen LogP contribution is -2.36. The molecular formula is C22H20N2O3S. The number of ether oxygens (including phenoxy) is 1. The molecule has 1 saturated heterocycles. The molecule has 142 valence electrons. The van der Waals surface area contributed by atoms with Crippen LogP contribution >= 0.6 is 11.8 Å². The van der Waals surface area contributed by atoms with Crippen molar-refractivity contribution in [1.82, 2.24) is 0 Å². The van der Waals surface area contributed by atoms with Gasteiger partial charge in [0.05, 0.1) is 19.3 Å². The monoisotopic (exact) mass is 392 g/mol. The molecule has 0 saturated carbocycles. The van der Waals surface area contributed by atoms with Crippen molar-refractivity contribution in [3.05, 3.63) is 75.9 Å². The number of nitrogens with zero attached hydrogens (tertiary/aromatic N) is 1. The fourth-order valence-electron chi connectivity index (χ4n) is 3.75. The van der Waals surface area contributed by atoms with Crippen molar-refractivity contribution >= 4 is 17.6 Å². The van der Waals surface area contributed by atoms with Gasteiger partial charge in [0.1, 0.15) is 5.76 Å². The predicted molar refractivity (Wildman–Crippen MR) is 110 cm³/mol. The first-order valence-electron chi connectivity index (χ1n) is 9.34. The van der Waals surface area contributed by atoms with Crippen molar-refractivity contribution in [2.45, 2.75) is 15.8 Å². The standard InChI is InChI=1S/C22H20N2O3S/c23-21-16-4-1-2-7-19(16)28-22-15(5-3-6-17(21)22)18-12-14(25)13-20(27-18)24-8-10-26-11-9-24/h1-7,12-13,21H,8-11,23H2. The van der Waals surface area contributed by atoms with Crippen molar-refractivity contribution in [2.24, 2.45) is 5.73 Å². The molecule has 2 aliphatic rings. The summed E-state index contributed by atoms with van der Waals surface area (Å²) in [5.41, 5.74) is 9.57. The zero-order valence-corrected chi connectivity index (χ0v) is 16.1. The lowest BCUT2D eigenvalue weighted by Gasteiger charge is -2.28. The maximum absolute atomic E-state index is 12.4. The fourth-order valence-corrected chi connectivity index (χ4v) is 5.02. The molecule has 0 spiro atoms. The van der Waals surface area contributed by atoms with E-state index in [0.717, 1.165) is 26.5 Å². The Kier molecular flexibility index (Phi) is 4.47. The number of morpholine rings is 1. The van der Waals surface area contributed by atoms with E-state index in [0.29, 0.717) is 37.9 Å². The number of nitrogens with two attached hydrogens (primary N) is 1. The number of rotatable bonds is 2. The summed E-state index contributed by atoms with van der Waals surface area (Å²) < 4.78 is 11.6. The summed E-state index contributed by atoms with van der Waals surface area (Å²) in [6.07, 6.45) is 0. The summed E-state index contributed by atoms with van der Waals surface area (Å²) >= 11 is 1.68. The second-order valence-electron chi connectivity index (χ2n) is 6.94. The molecule has 2 aromatic carbocycles. The van der Waals surface area contributed by atoms with Crippen LogP contribution in [-0.4, -0.2) is 26.3 Å². The molecule has 0 amide bonds. The highest BCUT2D eigenvalue weighted by molar-refractivity contribution is 7.99. The Balaban J connectivity index is 1.61. The van der Waals surface area contributed by atoms with Gasteiger partial charge in [-0.1, -0.05) is 48.2 Å². The van der Waals surface area contributed by atoms with Crippen molar-refractivity contribution in [3.63, 3.8) is 0 Å². The Morgan fingerprint density at radius 1 is 1.00 bits per heavy atom. The zero-order valence-electron chi connectivity index (χ0n) is 15.3. The quantitative estimate of drug-likeness (QED) is 0.718. The van der Waals surface area contributed by atoms with Crippen LogP contribution in [0.2, 0.25) is 0 Å². The lowest BCUT2D eigenvalue weighted by molar-refractivity contribution is 0.120. The Bertz CT molecular complexity index is 1090. The van der Waals surface area contributed by atoms with E-state index >= 15 is 0 Å². The minimum atomic E-state index is -0.193. The highest BCUT2D eigenvalue weighted by atomic mass is 32.2. The van der Waals surface area contributed by atoms with E-state index in [-0.39, 0.29) is 11.5 Å². The van der Waals surface area contributed by atoms with Crippen LogP contribution in [0, 0.1) is 0 Å². The topological polar surface area (TPSA) is 68.7 Å². The molecule has 6 heteroatoms. The molecule has 3 heterocycles. The Morgan fingerprint density at radius 2 is 1.79 bits per heavy atom. The van der Waals surface area contributed by atoms with Crippen molar-refractivity contribution in [2.75, 3.05) is 31.2 Å². The molecule has 2 aliphatic heterocycles. The summed E-state index contributed by atoms with van der Waals surface area (Å²) in [6, 6.07) is 17.1. The van der Waals surface area contributed by atoms with Crippen LogP contribution in [0.3, 0.4) is 0 Å². The molecule has 1 atom stereocenters.